The molecule has 4 aliphatic heterocycles. The van der Waals surface area contributed by atoms with Crippen molar-refractivity contribution < 1.29 is 31.9 Å². The van der Waals surface area contributed by atoms with Crippen LogP contribution in [0.5, 0.6) is 0 Å². The molecule has 5 atom stereocenters. The van der Waals surface area contributed by atoms with Gasteiger partial charge in [0.2, 0.25) is 17.8 Å². The summed E-state index contributed by atoms with van der Waals surface area (Å²) in [6, 6.07) is 8.38. The van der Waals surface area contributed by atoms with E-state index < -0.39 is 48.7 Å². The van der Waals surface area contributed by atoms with Crippen molar-refractivity contribution in [2.45, 2.75) is 63.0 Å². The largest absolute Gasteiger partial charge is 0.378 e. The van der Waals surface area contributed by atoms with Crippen molar-refractivity contribution in [2.24, 2.45) is 0 Å². The van der Waals surface area contributed by atoms with Crippen molar-refractivity contribution in [1.29, 1.82) is 0 Å². The van der Waals surface area contributed by atoms with Crippen LogP contribution in [-0.2, 0) is 20.9 Å². The molecule has 0 saturated carbocycles. The Hall–Kier alpha value is -6.44. The fourth-order valence-corrected chi connectivity index (χ4v) is 9.16. The monoisotopic (exact) mass is 825 g/mol. The van der Waals surface area contributed by atoms with E-state index in [1.54, 1.807) is 30.2 Å². The number of carbonyl (C=O) groups excluding carboxylic acids is 2. The first kappa shape index (κ1) is 37.8. The highest BCUT2D eigenvalue weighted by Gasteiger charge is 2.52. The summed E-state index contributed by atoms with van der Waals surface area (Å²) in [6.45, 7) is 2.10. The smallest absolute Gasteiger partial charge is 0.255 e. The summed E-state index contributed by atoms with van der Waals surface area (Å²) >= 11 is 0. The molecular formula is C40H39F4N13O3. The van der Waals surface area contributed by atoms with Gasteiger partial charge in [-0.1, -0.05) is 6.07 Å². The lowest BCUT2D eigenvalue weighted by atomic mass is 9.87. The lowest BCUT2D eigenvalue weighted by molar-refractivity contribution is -0.142. The van der Waals surface area contributed by atoms with Gasteiger partial charge < -0.3 is 34.2 Å². The van der Waals surface area contributed by atoms with Crippen LogP contribution in [0.1, 0.15) is 18.7 Å². The summed E-state index contributed by atoms with van der Waals surface area (Å²) in [4.78, 5) is 58.7. The van der Waals surface area contributed by atoms with E-state index in [9.17, 15) is 22.8 Å². The molecule has 4 aliphatic rings. The number of imidazole rings is 1. The molecule has 0 radical (unpaired) electrons. The minimum Gasteiger partial charge on any atom is -0.378 e. The van der Waals surface area contributed by atoms with Gasteiger partial charge in [-0.25, -0.2) is 37.2 Å². The molecule has 2 amide bonds. The molecule has 20 heteroatoms. The molecule has 0 aliphatic carbocycles. The zero-order valence-corrected chi connectivity index (χ0v) is 32.7. The molecule has 6 bridgehead atoms. The highest BCUT2D eigenvalue weighted by Crippen LogP contribution is 2.41. The Kier molecular flexibility index (Phi) is 9.06. The van der Waals surface area contributed by atoms with Crippen LogP contribution in [-0.4, -0.2) is 138 Å². The van der Waals surface area contributed by atoms with Gasteiger partial charge in [0.05, 0.1) is 48.0 Å². The number of methoxy groups -OCH3 is 1. The molecule has 3 saturated heterocycles. The molecule has 5 aromatic heterocycles. The van der Waals surface area contributed by atoms with Gasteiger partial charge >= 0.3 is 0 Å². The Bertz CT molecular complexity index is 2690. The van der Waals surface area contributed by atoms with Gasteiger partial charge in [0.15, 0.2) is 17.1 Å². The number of amides is 2. The molecule has 0 spiro atoms. The number of likely N-dealkylation sites (tertiary alicyclic amines) is 1. The zero-order chi connectivity index (χ0) is 41.6. The number of aromatic nitrogens is 8. The van der Waals surface area contributed by atoms with Crippen LogP contribution in [0.2, 0.25) is 0 Å². The molecule has 1 aromatic carbocycles. The number of carbonyl (C=O) groups is 2. The van der Waals surface area contributed by atoms with Crippen molar-refractivity contribution in [1.82, 2.24) is 49.1 Å². The maximum atomic E-state index is 15.4. The normalized spacial score (nSPS) is 23.0. The molecule has 3 fully saturated rings. The number of alkyl halides is 2. The summed E-state index contributed by atoms with van der Waals surface area (Å²) in [5, 5.41) is 8.40. The van der Waals surface area contributed by atoms with Crippen molar-refractivity contribution in [3.05, 3.63) is 72.3 Å². The molecule has 9 heterocycles. The molecular weight excluding hydrogens is 787 g/mol. The Morgan fingerprint density at radius 1 is 0.950 bits per heavy atom. The minimum atomic E-state index is -2.69. The number of fused-ring (bicyclic) bond motifs is 8. The topological polar surface area (TPSA) is 156 Å². The first-order valence-electron chi connectivity index (χ1n) is 19.6. The quantitative estimate of drug-likeness (QED) is 0.243. The number of anilines is 3. The zero-order valence-electron chi connectivity index (χ0n) is 32.7. The first-order chi connectivity index (χ1) is 28.9. The number of pyridine rings is 2. The molecule has 6 aromatic rings. The highest BCUT2D eigenvalue weighted by atomic mass is 19.3. The van der Waals surface area contributed by atoms with E-state index in [1.807, 2.05) is 40.7 Å². The summed E-state index contributed by atoms with van der Waals surface area (Å²) in [6.07, 6.45) is 0.769. The summed E-state index contributed by atoms with van der Waals surface area (Å²) < 4.78 is 65.6. The number of ether oxygens (including phenoxy) is 1. The van der Waals surface area contributed by atoms with Gasteiger partial charge in [-0.05, 0) is 50.1 Å². The lowest BCUT2D eigenvalue weighted by Crippen LogP contribution is -2.72. The van der Waals surface area contributed by atoms with Crippen LogP contribution in [0.4, 0.5) is 35.1 Å². The van der Waals surface area contributed by atoms with E-state index in [1.165, 1.54) is 16.9 Å². The summed E-state index contributed by atoms with van der Waals surface area (Å²) in [7, 11) is 3.32. The molecule has 60 heavy (non-hydrogen) atoms. The molecule has 310 valence electrons. The number of nitrogens with one attached hydrogen (secondary N) is 1. The van der Waals surface area contributed by atoms with Crippen LogP contribution >= 0.6 is 0 Å². The second-order valence-electron chi connectivity index (χ2n) is 15.7. The molecule has 1 N–H and O–H groups in total. The van der Waals surface area contributed by atoms with Crippen LogP contribution in [0.3, 0.4) is 0 Å². The Morgan fingerprint density at radius 3 is 2.58 bits per heavy atom. The van der Waals surface area contributed by atoms with E-state index in [-0.39, 0.29) is 54.9 Å². The number of piperidine rings is 1. The van der Waals surface area contributed by atoms with Crippen molar-refractivity contribution in [3.8, 4) is 16.9 Å². The fraction of sp³-hybridized carbons (Fsp3) is 0.400. The molecule has 10 rings (SSSR count). The van der Waals surface area contributed by atoms with Gasteiger partial charge in [0.1, 0.15) is 41.0 Å². The number of aryl methyl sites for hydroxylation is 1. The molecule has 16 nitrogen and oxygen atoms in total. The Balaban J connectivity index is 1.09. The number of halogens is 4. The van der Waals surface area contributed by atoms with Gasteiger partial charge in [-0.15, -0.1) is 0 Å². The number of hydrogen-bond acceptors (Lipinski definition) is 12. The average Bonchev–Trinajstić information content (AvgIpc) is 3.92. The maximum Gasteiger partial charge on any atom is 0.255 e. The fourth-order valence-electron chi connectivity index (χ4n) is 9.16. The SMILES string of the molecule is CO[C@H]1CN(C)C(=O)[C@@H]2C[C@@H](CN2c2nc(N3[C@@H]4C[C@H]3C(=O)N(CC(F)F)C4)nc3c2cnn3-c2ccc(F)cc2F)Nc2cccc(n2)-c2ccnc3nc(C)n(c23)C1. The van der Waals surface area contributed by atoms with Crippen LogP contribution in [0.25, 0.3) is 39.1 Å². The van der Waals surface area contributed by atoms with E-state index in [0.717, 1.165) is 33.9 Å². The van der Waals surface area contributed by atoms with Gasteiger partial charge in [-0.2, -0.15) is 15.1 Å². The second-order valence-corrected chi connectivity index (χ2v) is 15.7. The van der Waals surface area contributed by atoms with Crippen LogP contribution < -0.4 is 15.1 Å². The third kappa shape index (κ3) is 6.22. The number of benzene rings is 1. The highest BCUT2D eigenvalue weighted by molar-refractivity contribution is 5.95. The standard InChI is InChI=1S/C40H39F4N13O3/c1-20-47-35-34-25(9-10-45-35)28-5-4-6-33(49-28)48-22-12-30(38(58)52(2)17-24(60-3)18-54(20)34)55(15-22)36-26-14-46-57(29-8-7-21(41)11-27(29)42)37(26)51-40(50-36)56-23-13-31(56)39(59)53(16-23)19-32(43)44/h4-11,14,22-24,30-32H,12-13,15-19H2,1-3H3,(H,48,49)/t22-,23+,24-,30-,31-/m0/s1. The predicted molar refractivity (Wildman–Crippen MR) is 211 cm³/mol. The van der Waals surface area contributed by atoms with Gasteiger partial charge in [0.25, 0.3) is 6.43 Å². The molecule has 0 unspecified atom stereocenters. The van der Waals surface area contributed by atoms with Gasteiger partial charge in [-0.3, -0.25) is 9.59 Å². The third-order valence-electron chi connectivity index (χ3n) is 12.0. The number of hydrogen-bond donors (Lipinski definition) is 1. The first-order valence-corrected chi connectivity index (χ1v) is 19.6. The van der Waals surface area contributed by atoms with E-state index in [4.69, 9.17) is 24.7 Å². The summed E-state index contributed by atoms with van der Waals surface area (Å²) in [5.41, 5.74) is 2.96. The minimum absolute atomic E-state index is 0.0434. The summed E-state index contributed by atoms with van der Waals surface area (Å²) in [5.74, 6) is -0.670. The predicted octanol–water partition coefficient (Wildman–Crippen LogP) is 3.81. The van der Waals surface area contributed by atoms with E-state index >= 15 is 4.39 Å². The van der Waals surface area contributed by atoms with Crippen LogP contribution in [0, 0.1) is 18.6 Å². The van der Waals surface area contributed by atoms with Crippen LogP contribution in [0.15, 0.2) is 54.9 Å². The van der Waals surface area contributed by atoms with Crippen molar-refractivity contribution in [3.63, 3.8) is 0 Å². The van der Waals surface area contributed by atoms with E-state index in [2.05, 4.69) is 15.4 Å². The number of nitrogens with zero attached hydrogens (tertiary/aromatic N) is 12. The number of piperazine rings is 1. The van der Waals surface area contributed by atoms with Crippen molar-refractivity contribution >= 4 is 51.6 Å². The Labute approximate surface area is 339 Å². The third-order valence-corrected chi connectivity index (χ3v) is 12.0. The lowest BCUT2D eigenvalue weighted by Gasteiger charge is -2.55. The van der Waals surface area contributed by atoms with Gasteiger partial charge in [0, 0.05) is 57.7 Å². The Morgan fingerprint density at radius 2 is 1.80 bits per heavy atom. The maximum absolute atomic E-state index is 15.4. The van der Waals surface area contributed by atoms with Crippen molar-refractivity contribution in [2.75, 3.05) is 55.5 Å². The van der Waals surface area contributed by atoms with E-state index in [0.29, 0.717) is 47.7 Å². The number of likely N-dealkylation sites (N-methyl/N-ethyl adjacent to an activating group) is 1. The second kappa shape index (κ2) is 14.4. The average molecular weight is 826 g/mol. The number of rotatable bonds is 6.